The first-order valence-electron chi connectivity index (χ1n) is 12.4. The number of rotatable bonds is 8. The lowest BCUT2D eigenvalue weighted by Crippen LogP contribution is -2.54. The fraction of sp³-hybridized carbons (Fsp3) is 0.300. The molecule has 1 atom stereocenters. The van der Waals surface area contributed by atoms with Crippen LogP contribution >= 0.6 is 0 Å². The summed E-state index contributed by atoms with van der Waals surface area (Å²) in [4.78, 5) is 42.2. The molecule has 1 aliphatic rings. The molecular weight excluding hydrogens is 468 g/mol. The van der Waals surface area contributed by atoms with E-state index >= 15 is 0 Å². The van der Waals surface area contributed by atoms with Crippen LogP contribution in [0, 0.1) is 6.92 Å². The number of carbonyl (C=O) groups is 3. The van der Waals surface area contributed by atoms with E-state index in [1.807, 2.05) is 81.4 Å². The average molecular weight is 501 g/mol. The zero-order chi connectivity index (χ0) is 26.5. The van der Waals surface area contributed by atoms with E-state index in [4.69, 9.17) is 4.74 Å². The van der Waals surface area contributed by atoms with Gasteiger partial charge >= 0.3 is 5.97 Å². The molecule has 2 amide bonds. The van der Waals surface area contributed by atoms with Crippen LogP contribution in [-0.4, -0.2) is 51.4 Å². The van der Waals surface area contributed by atoms with E-state index in [-0.39, 0.29) is 25.1 Å². The number of aliphatic carboxylic acids is 1. The van der Waals surface area contributed by atoms with Crippen LogP contribution in [0.5, 0.6) is 5.75 Å². The Balaban J connectivity index is 1.66. The molecule has 0 aromatic heterocycles. The van der Waals surface area contributed by atoms with E-state index in [9.17, 15) is 19.5 Å². The van der Waals surface area contributed by atoms with Gasteiger partial charge in [0.2, 0.25) is 5.91 Å². The van der Waals surface area contributed by atoms with Crippen molar-refractivity contribution in [2.24, 2.45) is 0 Å². The second-order valence-corrected chi connectivity index (χ2v) is 9.69. The highest BCUT2D eigenvalue weighted by Crippen LogP contribution is 2.27. The van der Waals surface area contributed by atoms with Crippen LogP contribution in [0.15, 0.2) is 72.8 Å². The van der Waals surface area contributed by atoms with Crippen molar-refractivity contribution in [1.29, 1.82) is 0 Å². The SMILES string of the molecule is Cc1ccc(C(=O)N2Cc3ccccc3C[C@H]2C(=O)N(CC(=O)O)Cc2cccc(OC(C)C)c2)cc1. The summed E-state index contributed by atoms with van der Waals surface area (Å²) in [5.74, 6) is -1.11. The third-order valence-electron chi connectivity index (χ3n) is 6.37. The fourth-order valence-corrected chi connectivity index (χ4v) is 4.61. The maximum Gasteiger partial charge on any atom is 0.323 e. The summed E-state index contributed by atoms with van der Waals surface area (Å²) in [7, 11) is 0. The fourth-order valence-electron chi connectivity index (χ4n) is 4.61. The van der Waals surface area contributed by atoms with Gasteiger partial charge in [-0.15, -0.1) is 0 Å². The number of nitrogens with zero attached hydrogens (tertiary/aromatic N) is 2. The highest BCUT2D eigenvalue weighted by atomic mass is 16.5. The van der Waals surface area contributed by atoms with E-state index in [0.29, 0.717) is 17.7 Å². The van der Waals surface area contributed by atoms with Gasteiger partial charge in [-0.2, -0.15) is 0 Å². The Bertz CT molecular complexity index is 1290. The normalized spacial score (nSPS) is 14.7. The predicted molar refractivity (Wildman–Crippen MR) is 140 cm³/mol. The molecule has 1 heterocycles. The van der Waals surface area contributed by atoms with Crippen molar-refractivity contribution in [1.82, 2.24) is 9.80 Å². The van der Waals surface area contributed by atoms with Gasteiger partial charge in [-0.1, -0.05) is 54.1 Å². The van der Waals surface area contributed by atoms with Gasteiger partial charge in [0.15, 0.2) is 0 Å². The number of carbonyl (C=O) groups excluding carboxylic acids is 2. The third kappa shape index (κ3) is 6.36. The second-order valence-electron chi connectivity index (χ2n) is 9.69. The van der Waals surface area contributed by atoms with Crippen molar-refractivity contribution in [3.63, 3.8) is 0 Å². The number of ether oxygens (including phenoxy) is 1. The number of hydrogen-bond donors (Lipinski definition) is 1. The summed E-state index contributed by atoms with van der Waals surface area (Å²) in [5, 5.41) is 9.62. The van der Waals surface area contributed by atoms with Crippen LogP contribution in [0.3, 0.4) is 0 Å². The zero-order valence-electron chi connectivity index (χ0n) is 21.4. The molecule has 7 nitrogen and oxygen atoms in total. The summed E-state index contributed by atoms with van der Waals surface area (Å²) in [6.07, 6.45) is 0.301. The first kappa shape index (κ1) is 25.9. The van der Waals surface area contributed by atoms with Gasteiger partial charge in [-0.05, 0) is 61.7 Å². The number of hydrogen-bond acceptors (Lipinski definition) is 4. The minimum Gasteiger partial charge on any atom is -0.491 e. The summed E-state index contributed by atoms with van der Waals surface area (Å²) in [6, 6.07) is 21.5. The highest BCUT2D eigenvalue weighted by Gasteiger charge is 2.37. The summed E-state index contributed by atoms with van der Waals surface area (Å²) in [6.45, 7) is 5.69. The lowest BCUT2D eigenvalue weighted by Gasteiger charge is -2.38. The van der Waals surface area contributed by atoms with Gasteiger partial charge in [0, 0.05) is 25.1 Å². The minimum atomic E-state index is -1.12. The van der Waals surface area contributed by atoms with Gasteiger partial charge in [-0.25, -0.2) is 0 Å². The minimum absolute atomic E-state index is 0.0179. The molecular formula is C30H32N2O5. The molecule has 0 aliphatic carbocycles. The summed E-state index contributed by atoms with van der Waals surface area (Å²) < 4.78 is 5.77. The largest absolute Gasteiger partial charge is 0.491 e. The number of carboxylic acids is 1. The molecule has 4 rings (SSSR count). The van der Waals surface area contributed by atoms with Crippen molar-refractivity contribution in [2.45, 2.75) is 52.4 Å². The van der Waals surface area contributed by atoms with E-state index in [1.54, 1.807) is 17.0 Å². The van der Waals surface area contributed by atoms with Gasteiger partial charge in [0.25, 0.3) is 5.91 Å². The molecule has 0 spiro atoms. The van der Waals surface area contributed by atoms with Crippen molar-refractivity contribution in [2.75, 3.05) is 6.54 Å². The molecule has 0 saturated carbocycles. The quantitative estimate of drug-likeness (QED) is 0.493. The Morgan fingerprint density at radius 2 is 1.70 bits per heavy atom. The number of carboxylic acid groups (broad SMARTS) is 1. The molecule has 3 aromatic rings. The average Bonchev–Trinajstić information content (AvgIpc) is 2.86. The molecule has 3 aromatic carbocycles. The molecule has 0 bridgehead atoms. The first-order chi connectivity index (χ1) is 17.7. The van der Waals surface area contributed by atoms with E-state index in [1.165, 1.54) is 4.90 Å². The standard InChI is InChI=1S/C30H32N2O5/c1-20(2)37-26-10-6-7-22(15-26)17-31(19-28(33)34)30(36)27-16-24-8-4-5-9-25(24)18-32(27)29(35)23-13-11-21(3)12-14-23/h4-15,20,27H,16-19H2,1-3H3,(H,33,34)/t27-/m0/s1. The Kier molecular flexibility index (Phi) is 7.92. The zero-order valence-corrected chi connectivity index (χ0v) is 21.4. The molecule has 1 N–H and O–H groups in total. The van der Waals surface area contributed by atoms with Crippen molar-refractivity contribution in [3.05, 3.63) is 101 Å². The van der Waals surface area contributed by atoms with E-state index in [0.717, 1.165) is 22.3 Å². The molecule has 0 saturated heterocycles. The Morgan fingerprint density at radius 3 is 2.38 bits per heavy atom. The number of fused-ring (bicyclic) bond motifs is 1. The predicted octanol–water partition coefficient (Wildman–Crippen LogP) is 4.46. The summed E-state index contributed by atoms with van der Waals surface area (Å²) in [5.41, 5.74) is 4.24. The van der Waals surface area contributed by atoms with E-state index < -0.39 is 24.5 Å². The number of benzene rings is 3. The van der Waals surface area contributed by atoms with Gasteiger partial charge in [0.05, 0.1) is 6.10 Å². The lowest BCUT2D eigenvalue weighted by molar-refractivity contribution is -0.147. The second kappa shape index (κ2) is 11.3. The molecule has 0 unspecified atom stereocenters. The van der Waals surface area contributed by atoms with Crippen LogP contribution in [0.1, 0.15) is 46.5 Å². The van der Waals surface area contributed by atoms with E-state index in [2.05, 4.69) is 0 Å². The maximum absolute atomic E-state index is 13.9. The maximum atomic E-state index is 13.9. The number of aryl methyl sites for hydroxylation is 1. The molecule has 0 fully saturated rings. The lowest BCUT2D eigenvalue weighted by atomic mass is 9.92. The van der Waals surface area contributed by atoms with Gasteiger partial charge in [-0.3, -0.25) is 14.4 Å². The van der Waals surface area contributed by atoms with Crippen molar-refractivity contribution < 1.29 is 24.2 Å². The molecule has 0 radical (unpaired) electrons. The topological polar surface area (TPSA) is 87.2 Å². The van der Waals surface area contributed by atoms with Crippen LogP contribution in [0.25, 0.3) is 0 Å². The van der Waals surface area contributed by atoms with Crippen LogP contribution in [0.4, 0.5) is 0 Å². The Labute approximate surface area is 217 Å². The summed E-state index contributed by atoms with van der Waals surface area (Å²) >= 11 is 0. The Hall–Kier alpha value is -4.13. The molecule has 7 heteroatoms. The van der Waals surface area contributed by atoms with Gasteiger partial charge in [0.1, 0.15) is 18.3 Å². The third-order valence-corrected chi connectivity index (χ3v) is 6.37. The van der Waals surface area contributed by atoms with Gasteiger partial charge < -0.3 is 19.6 Å². The highest BCUT2D eigenvalue weighted by molar-refractivity contribution is 5.98. The van der Waals surface area contributed by atoms with Crippen LogP contribution in [0.2, 0.25) is 0 Å². The number of amides is 2. The monoisotopic (exact) mass is 500 g/mol. The molecule has 37 heavy (non-hydrogen) atoms. The van der Waals surface area contributed by atoms with Crippen LogP contribution < -0.4 is 4.74 Å². The van der Waals surface area contributed by atoms with Crippen molar-refractivity contribution >= 4 is 17.8 Å². The smallest absolute Gasteiger partial charge is 0.323 e. The van der Waals surface area contributed by atoms with Crippen molar-refractivity contribution in [3.8, 4) is 5.75 Å². The van der Waals surface area contributed by atoms with Crippen LogP contribution in [-0.2, 0) is 29.1 Å². The first-order valence-corrected chi connectivity index (χ1v) is 12.4. The molecule has 1 aliphatic heterocycles. The Morgan fingerprint density at radius 1 is 1.00 bits per heavy atom. The molecule has 192 valence electrons.